The van der Waals surface area contributed by atoms with Gasteiger partial charge in [-0.15, -0.1) is 5.10 Å². The molecule has 1 unspecified atom stereocenters. The molecule has 0 aliphatic carbocycles. The number of halogens is 2. The zero-order valence-electron chi connectivity index (χ0n) is 24.0. The van der Waals surface area contributed by atoms with Crippen LogP contribution in [0.4, 0.5) is 4.39 Å². The van der Waals surface area contributed by atoms with Crippen molar-refractivity contribution in [1.82, 2.24) is 30.1 Å². The van der Waals surface area contributed by atoms with E-state index in [2.05, 4.69) is 20.5 Å². The second-order valence-corrected chi connectivity index (χ2v) is 11.3. The number of carboxylic acid groups (broad SMARTS) is 1. The van der Waals surface area contributed by atoms with Crippen molar-refractivity contribution in [1.29, 1.82) is 0 Å². The van der Waals surface area contributed by atoms with Crippen LogP contribution in [0, 0.1) is 5.82 Å². The maximum atomic E-state index is 14.7. The highest BCUT2D eigenvalue weighted by molar-refractivity contribution is 6.30. The van der Waals surface area contributed by atoms with Gasteiger partial charge in [-0.05, 0) is 52.9 Å². The van der Waals surface area contributed by atoms with Gasteiger partial charge in [-0.25, -0.2) is 13.9 Å². The maximum Gasteiger partial charge on any atom is 0.335 e. The molecule has 4 aromatic carbocycles. The molecule has 0 bridgehead atoms. The Balaban J connectivity index is 1.29. The average Bonchev–Trinajstić information content (AvgIpc) is 3.76. The molecule has 1 atom stereocenters. The molecular weight excluding hydrogens is 611 g/mol. The summed E-state index contributed by atoms with van der Waals surface area (Å²) in [6.07, 6.45) is 3.47. The Hall–Kier alpha value is -5.68. The van der Waals surface area contributed by atoms with Crippen molar-refractivity contribution in [3.63, 3.8) is 0 Å². The number of aromatic nitrogens is 5. The number of ketones is 1. The molecule has 10 nitrogen and oxygen atoms in total. The average molecular weight is 635 g/mol. The first-order valence-corrected chi connectivity index (χ1v) is 14.7. The highest BCUT2D eigenvalue weighted by atomic mass is 35.5. The zero-order valence-corrected chi connectivity index (χ0v) is 24.8. The van der Waals surface area contributed by atoms with Crippen LogP contribution in [0.5, 0.6) is 0 Å². The standard InChI is InChI=1S/C34H24ClFN6O4/c35-26-8-3-9-28(30(26)36)42-18-27(38-40-42)33(44)41-15-14-23-22(24-6-1-4-21-17-37-39-31(21)24)5-2-7-25(23)32(41)29(43)16-19-10-12-20(13-11-19)34(45)46/h1-13,17-18,32H,14-16H2,(H,37,39)(H,45,46). The fourth-order valence-corrected chi connectivity index (χ4v) is 6.21. The Kier molecular flexibility index (Phi) is 7.37. The van der Waals surface area contributed by atoms with Gasteiger partial charge < -0.3 is 10.0 Å². The summed E-state index contributed by atoms with van der Waals surface area (Å²) in [5, 5.41) is 25.4. The summed E-state index contributed by atoms with van der Waals surface area (Å²) >= 11 is 5.95. The van der Waals surface area contributed by atoms with E-state index in [4.69, 9.17) is 11.6 Å². The number of para-hydroxylation sites is 1. The largest absolute Gasteiger partial charge is 0.478 e. The van der Waals surface area contributed by atoms with Gasteiger partial charge in [0.2, 0.25) is 0 Å². The Bertz CT molecular complexity index is 2160. The first-order valence-electron chi connectivity index (χ1n) is 14.4. The molecule has 3 heterocycles. The van der Waals surface area contributed by atoms with Crippen molar-refractivity contribution >= 4 is 40.2 Å². The summed E-state index contributed by atoms with van der Waals surface area (Å²) in [5.74, 6) is -2.58. The third kappa shape index (κ3) is 5.10. The lowest BCUT2D eigenvalue weighted by molar-refractivity contribution is -0.123. The molecule has 2 N–H and O–H groups in total. The number of nitrogens with one attached hydrogen (secondary N) is 1. The van der Waals surface area contributed by atoms with E-state index < -0.39 is 23.7 Å². The molecule has 0 radical (unpaired) electrons. The third-order valence-corrected chi connectivity index (χ3v) is 8.52. The highest BCUT2D eigenvalue weighted by Gasteiger charge is 2.38. The van der Waals surface area contributed by atoms with E-state index in [0.717, 1.165) is 32.3 Å². The molecule has 2 aromatic heterocycles. The number of fused-ring (bicyclic) bond motifs is 2. The minimum absolute atomic E-state index is 0.0260. The molecule has 1 amide bonds. The molecule has 46 heavy (non-hydrogen) atoms. The molecule has 7 rings (SSSR count). The summed E-state index contributed by atoms with van der Waals surface area (Å²) in [5.41, 5.74) is 4.98. The van der Waals surface area contributed by atoms with Crippen LogP contribution < -0.4 is 0 Å². The Labute approximate surface area is 266 Å². The van der Waals surface area contributed by atoms with Gasteiger partial charge in [0.15, 0.2) is 17.3 Å². The van der Waals surface area contributed by atoms with Crippen LogP contribution >= 0.6 is 11.6 Å². The summed E-state index contributed by atoms with van der Waals surface area (Å²) < 4.78 is 15.9. The number of aromatic amines is 1. The molecule has 6 aromatic rings. The first-order chi connectivity index (χ1) is 22.3. The number of aromatic carboxylic acids is 1. The van der Waals surface area contributed by atoms with E-state index in [0.29, 0.717) is 17.5 Å². The summed E-state index contributed by atoms with van der Waals surface area (Å²) in [4.78, 5) is 41.1. The van der Waals surface area contributed by atoms with Crippen LogP contribution in [-0.2, 0) is 17.6 Å². The van der Waals surface area contributed by atoms with E-state index in [1.165, 1.54) is 35.4 Å². The molecule has 0 saturated carbocycles. The second kappa shape index (κ2) is 11.7. The molecule has 228 valence electrons. The number of carbonyl (C=O) groups excluding carboxylic acids is 2. The van der Waals surface area contributed by atoms with Crippen molar-refractivity contribution < 1.29 is 23.9 Å². The predicted octanol–water partition coefficient (Wildman–Crippen LogP) is 5.85. The van der Waals surface area contributed by atoms with Gasteiger partial charge in [0.1, 0.15) is 11.7 Å². The minimum atomic E-state index is -1.07. The normalized spacial score (nSPS) is 14.3. The Morgan fingerprint density at radius 3 is 2.54 bits per heavy atom. The number of Topliss-reactive ketones (excluding diaryl/α,β-unsaturated/α-hetero) is 1. The fraction of sp³-hybridized carbons (Fsp3) is 0.118. The van der Waals surface area contributed by atoms with Gasteiger partial charge in [-0.1, -0.05) is 71.4 Å². The SMILES string of the molecule is O=C(O)c1ccc(CC(=O)C2c3cccc(-c4cccc5cn[nH]c45)c3CCN2C(=O)c2cn(-c3cccc(Cl)c3F)nn2)cc1. The second-order valence-electron chi connectivity index (χ2n) is 10.9. The molecule has 0 fully saturated rings. The lowest BCUT2D eigenvalue weighted by Gasteiger charge is -2.37. The van der Waals surface area contributed by atoms with Crippen LogP contribution in [0.15, 0.2) is 91.3 Å². The number of carboxylic acids is 1. The number of H-pyrrole nitrogens is 1. The van der Waals surface area contributed by atoms with Crippen molar-refractivity contribution in [3.05, 3.63) is 130 Å². The maximum absolute atomic E-state index is 14.7. The summed E-state index contributed by atoms with van der Waals surface area (Å²) in [6.45, 7) is 0.203. The lowest BCUT2D eigenvalue weighted by Crippen LogP contribution is -2.44. The number of carbonyl (C=O) groups is 3. The summed E-state index contributed by atoms with van der Waals surface area (Å²) in [6, 6.07) is 21.1. The fourth-order valence-electron chi connectivity index (χ4n) is 6.04. The number of nitrogens with zero attached hydrogens (tertiary/aromatic N) is 5. The minimum Gasteiger partial charge on any atom is -0.478 e. The van der Waals surface area contributed by atoms with Gasteiger partial charge >= 0.3 is 5.97 Å². The van der Waals surface area contributed by atoms with Crippen LogP contribution in [0.1, 0.15) is 43.6 Å². The number of rotatable bonds is 7. The van der Waals surface area contributed by atoms with Crippen molar-refractivity contribution in [3.8, 4) is 16.8 Å². The van der Waals surface area contributed by atoms with E-state index >= 15 is 0 Å². The molecular formula is C34H24ClFN6O4. The molecule has 12 heteroatoms. The van der Waals surface area contributed by atoms with Gasteiger partial charge in [0.05, 0.1) is 28.5 Å². The van der Waals surface area contributed by atoms with Crippen molar-refractivity contribution in [2.24, 2.45) is 0 Å². The van der Waals surface area contributed by atoms with Crippen LogP contribution in [-0.4, -0.2) is 59.4 Å². The van der Waals surface area contributed by atoms with E-state index in [-0.39, 0.29) is 40.7 Å². The highest BCUT2D eigenvalue weighted by Crippen LogP contribution is 2.39. The number of benzene rings is 4. The number of hydrogen-bond donors (Lipinski definition) is 2. The molecule has 1 aliphatic heterocycles. The first kappa shape index (κ1) is 29.1. The van der Waals surface area contributed by atoms with Crippen LogP contribution in [0.25, 0.3) is 27.7 Å². The number of amides is 1. The van der Waals surface area contributed by atoms with Crippen molar-refractivity contribution in [2.45, 2.75) is 18.9 Å². The Morgan fingerprint density at radius 2 is 1.74 bits per heavy atom. The molecule has 1 aliphatic rings. The quantitative estimate of drug-likeness (QED) is 0.225. The topological polar surface area (TPSA) is 134 Å². The smallest absolute Gasteiger partial charge is 0.335 e. The van der Waals surface area contributed by atoms with Crippen molar-refractivity contribution in [2.75, 3.05) is 6.54 Å². The van der Waals surface area contributed by atoms with Gasteiger partial charge in [-0.3, -0.25) is 14.7 Å². The summed E-state index contributed by atoms with van der Waals surface area (Å²) in [7, 11) is 0. The van der Waals surface area contributed by atoms with Gasteiger partial charge in [-0.2, -0.15) is 5.10 Å². The van der Waals surface area contributed by atoms with Crippen LogP contribution in [0.3, 0.4) is 0 Å². The van der Waals surface area contributed by atoms with E-state index in [1.807, 2.05) is 36.4 Å². The van der Waals surface area contributed by atoms with Crippen LogP contribution in [0.2, 0.25) is 5.02 Å². The number of hydrogen-bond acceptors (Lipinski definition) is 6. The predicted molar refractivity (Wildman–Crippen MR) is 167 cm³/mol. The third-order valence-electron chi connectivity index (χ3n) is 8.22. The monoisotopic (exact) mass is 634 g/mol. The molecule has 0 saturated heterocycles. The molecule has 0 spiro atoms. The van der Waals surface area contributed by atoms with Gasteiger partial charge in [0, 0.05) is 23.9 Å². The zero-order chi connectivity index (χ0) is 31.9. The van der Waals surface area contributed by atoms with E-state index in [1.54, 1.807) is 24.4 Å². The Morgan fingerprint density at radius 1 is 0.978 bits per heavy atom. The lowest BCUT2D eigenvalue weighted by atomic mass is 9.83. The van der Waals surface area contributed by atoms with E-state index in [9.17, 15) is 23.9 Å². The van der Waals surface area contributed by atoms with Gasteiger partial charge in [0.25, 0.3) is 5.91 Å².